The molecule has 1 saturated heterocycles. The van der Waals surface area contributed by atoms with Gasteiger partial charge in [-0.25, -0.2) is 9.59 Å². The predicted molar refractivity (Wildman–Crippen MR) is 135 cm³/mol. The second-order valence-corrected chi connectivity index (χ2v) is 13.4. The van der Waals surface area contributed by atoms with Crippen LogP contribution in [0, 0.1) is 28.6 Å². The zero-order valence-electron chi connectivity index (χ0n) is 23.6. The van der Waals surface area contributed by atoms with E-state index in [4.69, 9.17) is 4.74 Å². The van der Waals surface area contributed by atoms with Crippen molar-refractivity contribution in [3.05, 3.63) is 0 Å². The monoisotopic (exact) mass is 521 g/mol. The Bertz CT molecular complexity index is 958. The molecular formula is C27H43N3O7. The molecule has 37 heavy (non-hydrogen) atoms. The van der Waals surface area contributed by atoms with Gasteiger partial charge in [0.15, 0.2) is 0 Å². The maximum atomic E-state index is 13.9. The number of hydrogen-bond donors (Lipinski definition) is 2. The maximum Gasteiger partial charge on any atom is 0.408 e. The fourth-order valence-corrected chi connectivity index (χ4v) is 5.47. The van der Waals surface area contributed by atoms with Crippen molar-refractivity contribution < 1.29 is 33.4 Å². The van der Waals surface area contributed by atoms with E-state index in [1.54, 1.807) is 20.8 Å². The van der Waals surface area contributed by atoms with Crippen molar-refractivity contribution in [1.82, 2.24) is 15.5 Å². The van der Waals surface area contributed by atoms with Gasteiger partial charge in [-0.3, -0.25) is 14.4 Å². The molecule has 208 valence electrons. The Morgan fingerprint density at radius 1 is 1.00 bits per heavy atom. The fourth-order valence-electron chi connectivity index (χ4n) is 5.47. The number of likely N-dealkylation sites (tertiary alicyclic amines) is 1. The van der Waals surface area contributed by atoms with Crippen LogP contribution in [-0.2, 0) is 28.7 Å². The molecule has 1 aliphatic heterocycles. The first-order valence-electron chi connectivity index (χ1n) is 13.1. The van der Waals surface area contributed by atoms with E-state index in [1.165, 1.54) is 4.90 Å². The molecular weight excluding hydrogens is 478 g/mol. The molecule has 0 aromatic rings. The van der Waals surface area contributed by atoms with Crippen LogP contribution in [0.1, 0.15) is 74.7 Å². The molecule has 2 saturated carbocycles. The van der Waals surface area contributed by atoms with Gasteiger partial charge in [0.2, 0.25) is 11.8 Å². The molecule has 3 amide bonds. The summed E-state index contributed by atoms with van der Waals surface area (Å²) in [7, 11) is 1.13. The van der Waals surface area contributed by atoms with Gasteiger partial charge < -0.3 is 25.0 Å². The second kappa shape index (κ2) is 9.91. The van der Waals surface area contributed by atoms with Crippen molar-refractivity contribution in [3.63, 3.8) is 0 Å². The summed E-state index contributed by atoms with van der Waals surface area (Å²) in [6, 6.07) is -2.74. The molecule has 4 unspecified atom stereocenters. The number of methoxy groups -OCH3 is 1. The Morgan fingerprint density at radius 2 is 1.59 bits per heavy atom. The second-order valence-electron chi connectivity index (χ2n) is 13.4. The van der Waals surface area contributed by atoms with Crippen LogP contribution in [-0.4, -0.2) is 71.9 Å². The first-order chi connectivity index (χ1) is 16.9. The highest BCUT2D eigenvalue weighted by Crippen LogP contribution is 2.65. The van der Waals surface area contributed by atoms with E-state index in [9.17, 15) is 24.0 Å². The van der Waals surface area contributed by atoms with E-state index in [0.29, 0.717) is 13.0 Å². The van der Waals surface area contributed by atoms with Gasteiger partial charge in [0.1, 0.15) is 17.7 Å². The number of fused-ring (bicyclic) bond motifs is 1. The molecule has 3 rings (SSSR count). The minimum atomic E-state index is -0.997. The summed E-state index contributed by atoms with van der Waals surface area (Å²) in [4.78, 5) is 66.3. The highest BCUT2D eigenvalue weighted by molar-refractivity contribution is 6.36. The smallest absolute Gasteiger partial charge is 0.408 e. The molecule has 0 aromatic carbocycles. The van der Waals surface area contributed by atoms with E-state index in [2.05, 4.69) is 29.2 Å². The number of carbonyl (C=O) groups excluding carboxylic acids is 5. The van der Waals surface area contributed by atoms with Crippen LogP contribution >= 0.6 is 0 Å². The summed E-state index contributed by atoms with van der Waals surface area (Å²) < 4.78 is 9.99. The van der Waals surface area contributed by atoms with Gasteiger partial charge in [0.25, 0.3) is 5.78 Å². The average Bonchev–Trinajstić information content (AvgIpc) is 3.60. The summed E-state index contributed by atoms with van der Waals surface area (Å²) in [5, 5.41) is 5.50. The molecule has 3 fully saturated rings. The normalized spacial score (nSPS) is 25.9. The largest absolute Gasteiger partial charge is 0.463 e. The number of piperidine rings is 1. The third-order valence-electron chi connectivity index (χ3n) is 7.82. The van der Waals surface area contributed by atoms with Crippen molar-refractivity contribution in [2.24, 2.45) is 28.6 Å². The first-order valence-corrected chi connectivity index (χ1v) is 13.1. The van der Waals surface area contributed by atoms with Gasteiger partial charge in [-0.05, 0) is 55.8 Å². The molecule has 0 radical (unpaired) electrons. The quantitative estimate of drug-likeness (QED) is 0.370. The summed E-state index contributed by atoms with van der Waals surface area (Å²) >= 11 is 0. The SMILES string of the molecule is COC(=O)C(=O)C(CC1CC1)NC(=O)[C@@H]1C2C(CN1C(=O)C(NC(=O)OC(C)(C)C)C(C)(C)C)C2(C)C. The summed E-state index contributed by atoms with van der Waals surface area (Å²) in [5.41, 5.74) is -1.54. The van der Waals surface area contributed by atoms with Gasteiger partial charge in [0, 0.05) is 6.54 Å². The van der Waals surface area contributed by atoms with E-state index < -0.39 is 52.9 Å². The van der Waals surface area contributed by atoms with E-state index in [-0.39, 0.29) is 29.1 Å². The lowest BCUT2D eigenvalue weighted by Crippen LogP contribution is -2.60. The van der Waals surface area contributed by atoms with Gasteiger partial charge in [-0.15, -0.1) is 0 Å². The Balaban J connectivity index is 1.83. The number of hydrogen-bond acceptors (Lipinski definition) is 7. The first kappa shape index (κ1) is 28.9. The maximum absolute atomic E-state index is 13.9. The summed E-state index contributed by atoms with van der Waals surface area (Å²) in [6.07, 6.45) is 1.54. The lowest BCUT2D eigenvalue weighted by molar-refractivity contribution is -0.153. The lowest BCUT2D eigenvalue weighted by atomic mass is 9.85. The Morgan fingerprint density at radius 3 is 2.08 bits per heavy atom. The summed E-state index contributed by atoms with van der Waals surface area (Å²) in [5.74, 6) is -2.32. The molecule has 0 aromatic heterocycles. The minimum absolute atomic E-state index is 0.0894. The standard InChI is InChI=1S/C27H43N3O7/c1-25(2,3)20(29-24(35)37-26(4,5)6)22(33)30-13-15-17(27(15,7)8)18(30)21(32)28-16(12-14-10-11-14)19(31)23(34)36-9/h14-18,20H,10-13H2,1-9H3,(H,28,32)(H,29,35)/t15?,16?,17?,18-,20?/m0/s1. The van der Waals surface area contributed by atoms with Crippen LogP contribution in [0.2, 0.25) is 0 Å². The zero-order valence-corrected chi connectivity index (χ0v) is 23.6. The van der Waals surface area contributed by atoms with Crippen LogP contribution < -0.4 is 10.6 Å². The molecule has 10 heteroatoms. The number of Topliss-reactive ketones (excluding diaryl/α,β-unsaturated/α-hetero) is 1. The highest BCUT2D eigenvalue weighted by atomic mass is 16.6. The lowest BCUT2D eigenvalue weighted by Gasteiger charge is -2.38. The van der Waals surface area contributed by atoms with Crippen molar-refractivity contribution in [2.75, 3.05) is 13.7 Å². The Hall–Kier alpha value is -2.65. The molecule has 10 nitrogen and oxygen atoms in total. The topological polar surface area (TPSA) is 131 Å². The van der Waals surface area contributed by atoms with Gasteiger partial charge in [-0.2, -0.15) is 0 Å². The zero-order chi connectivity index (χ0) is 28.1. The number of amides is 3. The van der Waals surface area contributed by atoms with Gasteiger partial charge in [-0.1, -0.05) is 47.5 Å². The molecule has 2 aliphatic carbocycles. The highest BCUT2D eigenvalue weighted by Gasteiger charge is 2.70. The van der Waals surface area contributed by atoms with Crippen LogP contribution in [0.3, 0.4) is 0 Å². The minimum Gasteiger partial charge on any atom is -0.463 e. The molecule has 2 N–H and O–H groups in total. The number of esters is 1. The Labute approximate surface area is 219 Å². The number of nitrogens with one attached hydrogen (secondary N) is 2. The average molecular weight is 522 g/mol. The van der Waals surface area contributed by atoms with Crippen molar-refractivity contribution in [1.29, 1.82) is 0 Å². The van der Waals surface area contributed by atoms with E-state index >= 15 is 0 Å². The van der Waals surface area contributed by atoms with Crippen LogP contribution in [0.5, 0.6) is 0 Å². The van der Waals surface area contributed by atoms with Crippen molar-refractivity contribution >= 4 is 29.7 Å². The number of ether oxygens (including phenoxy) is 2. The van der Waals surface area contributed by atoms with E-state index in [1.807, 2.05) is 20.8 Å². The molecule has 0 bridgehead atoms. The number of carbonyl (C=O) groups is 5. The van der Waals surface area contributed by atoms with Crippen LogP contribution in [0.15, 0.2) is 0 Å². The third kappa shape index (κ3) is 6.44. The van der Waals surface area contributed by atoms with Crippen LogP contribution in [0.25, 0.3) is 0 Å². The molecule has 5 atom stereocenters. The van der Waals surface area contributed by atoms with Crippen molar-refractivity contribution in [2.45, 2.75) is 98.4 Å². The third-order valence-corrected chi connectivity index (χ3v) is 7.82. The fraction of sp³-hybridized carbons (Fsp3) is 0.815. The van der Waals surface area contributed by atoms with Crippen LogP contribution in [0.4, 0.5) is 4.79 Å². The summed E-state index contributed by atoms with van der Waals surface area (Å²) in [6.45, 7) is 15.2. The van der Waals surface area contributed by atoms with Crippen molar-refractivity contribution in [3.8, 4) is 0 Å². The Kier molecular flexibility index (Phi) is 7.74. The molecule has 0 spiro atoms. The van der Waals surface area contributed by atoms with E-state index in [0.717, 1.165) is 20.0 Å². The predicted octanol–water partition coefficient (Wildman–Crippen LogP) is 2.44. The number of rotatable bonds is 8. The van der Waals surface area contributed by atoms with Gasteiger partial charge in [0.05, 0.1) is 13.2 Å². The molecule has 3 aliphatic rings. The number of alkyl carbamates (subject to hydrolysis) is 1. The number of ketones is 1. The van der Waals surface area contributed by atoms with Gasteiger partial charge >= 0.3 is 12.1 Å². The molecule has 1 heterocycles. The number of nitrogens with zero attached hydrogens (tertiary/aromatic N) is 1.